The van der Waals surface area contributed by atoms with Gasteiger partial charge in [0.25, 0.3) is 0 Å². The van der Waals surface area contributed by atoms with Crippen LogP contribution >= 0.6 is 12.2 Å². The van der Waals surface area contributed by atoms with Crippen LogP contribution in [-0.2, 0) is 26.1 Å². The zero-order valence-corrected chi connectivity index (χ0v) is 12.0. The van der Waals surface area contributed by atoms with Gasteiger partial charge in [0.2, 0.25) is 0 Å². The molecule has 0 amide bonds. The van der Waals surface area contributed by atoms with Crippen molar-refractivity contribution in [3.63, 3.8) is 0 Å². The zero-order chi connectivity index (χ0) is 13.5. The van der Waals surface area contributed by atoms with E-state index in [2.05, 4.69) is 44.5 Å². The van der Waals surface area contributed by atoms with Crippen LogP contribution in [0.15, 0.2) is 24.3 Å². The number of hydrogen-bond acceptors (Lipinski definition) is 4. The lowest BCUT2D eigenvalue weighted by Gasteiger charge is -2.25. The summed E-state index contributed by atoms with van der Waals surface area (Å²) in [7, 11) is 0. The first-order valence-electron chi connectivity index (χ1n) is 6.96. The molecule has 0 radical (unpaired) electrons. The SMILES string of the molecule is S=c1nc(N2Cc3ccccc3C2)c2c([nH]1)CNCC2. The van der Waals surface area contributed by atoms with Crippen molar-refractivity contribution in [2.45, 2.75) is 26.1 Å². The first-order chi connectivity index (χ1) is 9.81. The summed E-state index contributed by atoms with van der Waals surface area (Å²) >= 11 is 5.29. The quantitative estimate of drug-likeness (QED) is 0.789. The Hall–Kier alpha value is -1.72. The maximum absolute atomic E-state index is 5.29. The molecule has 2 aliphatic heterocycles. The molecule has 0 bridgehead atoms. The summed E-state index contributed by atoms with van der Waals surface area (Å²) in [6, 6.07) is 8.61. The van der Waals surface area contributed by atoms with Gasteiger partial charge in [-0.1, -0.05) is 24.3 Å². The Morgan fingerprint density at radius 2 is 1.90 bits per heavy atom. The molecule has 4 rings (SSSR count). The molecule has 0 aliphatic carbocycles. The van der Waals surface area contributed by atoms with Gasteiger partial charge in [-0.2, -0.15) is 0 Å². The second-order valence-corrected chi connectivity index (χ2v) is 5.76. The van der Waals surface area contributed by atoms with Gasteiger partial charge in [-0.05, 0) is 36.3 Å². The lowest BCUT2D eigenvalue weighted by atomic mass is 10.1. The van der Waals surface area contributed by atoms with Crippen molar-refractivity contribution < 1.29 is 0 Å². The predicted molar refractivity (Wildman–Crippen MR) is 81.2 cm³/mol. The summed E-state index contributed by atoms with van der Waals surface area (Å²) in [6.45, 7) is 3.73. The Kier molecular flexibility index (Phi) is 2.82. The zero-order valence-electron chi connectivity index (χ0n) is 11.1. The predicted octanol–water partition coefficient (Wildman–Crippen LogP) is 2.31. The summed E-state index contributed by atoms with van der Waals surface area (Å²) in [5.74, 6) is 1.07. The van der Waals surface area contributed by atoms with E-state index in [0.29, 0.717) is 4.77 Å². The highest BCUT2D eigenvalue weighted by Gasteiger charge is 2.24. The smallest absolute Gasteiger partial charge is 0.199 e. The molecular weight excluding hydrogens is 268 g/mol. The van der Waals surface area contributed by atoms with E-state index in [1.165, 1.54) is 22.4 Å². The third kappa shape index (κ3) is 1.94. The van der Waals surface area contributed by atoms with E-state index in [0.717, 1.165) is 38.4 Å². The number of aromatic nitrogens is 2. The van der Waals surface area contributed by atoms with Crippen LogP contribution in [0, 0.1) is 4.77 Å². The highest BCUT2D eigenvalue weighted by molar-refractivity contribution is 7.71. The number of fused-ring (bicyclic) bond motifs is 2. The van der Waals surface area contributed by atoms with Crippen LogP contribution in [0.5, 0.6) is 0 Å². The van der Waals surface area contributed by atoms with E-state index in [1.807, 2.05) is 0 Å². The Bertz CT molecular complexity index is 697. The molecule has 0 saturated carbocycles. The number of hydrogen-bond donors (Lipinski definition) is 2. The van der Waals surface area contributed by atoms with Gasteiger partial charge in [-0.3, -0.25) is 0 Å². The van der Waals surface area contributed by atoms with Crippen molar-refractivity contribution in [3.8, 4) is 0 Å². The molecule has 0 fully saturated rings. The number of aromatic amines is 1. The first-order valence-corrected chi connectivity index (χ1v) is 7.36. The molecule has 0 atom stereocenters. The second-order valence-electron chi connectivity index (χ2n) is 5.37. The summed E-state index contributed by atoms with van der Waals surface area (Å²) in [5.41, 5.74) is 5.32. The molecule has 4 nitrogen and oxygen atoms in total. The molecule has 2 aliphatic rings. The van der Waals surface area contributed by atoms with Gasteiger partial charge >= 0.3 is 0 Å². The van der Waals surface area contributed by atoms with E-state index in [9.17, 15) is 0 Å². The van der Waals surface area contributed by atoms with Crippen molar-refractivity contribution in [1.29, 1.82) is 0 Å². The number of rotatable bonds is 1. The number of nitrogens with one attached hydrogen (secondary N) is 2. The third-order valence-electron chi connectivity index (χ3n) is 4.09. The molecule has 0 spiro atoms. The number of benzene rings is 1. The fourth-order valence-electron chi connectivity index (χ4n) is 3.12. The first kappa shape index (κ1) is 12.1. The van der Waals surface area contributed by atoms with Gasteiger partial charge in [-0.15, -0.1) is 0 Å². The van der Waals surface area contributed by atoms with Crippen LogP contribution in [0.25, 0.3) is 0 Å². The average molecular weight is 284 g/mol. The molecule has 0 saturated heterocycles. The van der Waals surface area contributed by atoms with E-state index < -0.39 is 0 Å². The fraction of sp³-hybridized carbons (Fsp3) is 0.333. The van der Waals surface area contributed by atoms with Crippen LogP contribution in [0.2, 0.25) is 0 Å². The van der Waals surface area contributed by atoms with Gasteiger partial charge in [0.15, 0.2) is 4.77 Å². The lowest BCUT2D eigenvalue weighted by Crippen LogP contribution is -2.28. The molecule has 2 aromatic rings. The van der Waals surface area contributed by atoms with E-state index in [4.69, 9.17) is 12.2 Å². The molecule has 5 heteroatoms. The molecule has 1 aromatic heterocycles. The highest BCUT2D eigenvalue weighted by Crippen LogP contribution is 2.30. The van der Waals surface area contributed by atoms with Crippen LogP contribution in [0.3, 0.4) is 0 Å². The minimum atomic E-state index is 0.582. The molecule has 0 unspecified atom stereocenters. The Balaban J connectivity index is 1.77. The highest BCUT2D eigenvalue weighted by atomic mass is 32.1. The van der Waals surface area contributed by atoms with Crippen molar-refractivity contribution in [2.75, 3.05) is 11.4 Å². The Morgan fingerprint density at radius 3 is 2.65 bits per heavy atom. The minimum Gasteiger partial charge on any atom is -0.348 e. The Labute approximate surface area is 122 Å². The molecule has 20 heavy (non-hydrogen) atoms. The number of nitrogens with zero attached hydrogens (tertiary/aromatic N) is 2. The largest absolute Gasteiger partial charge is 0.348 e. The van der Waals surface area contributed by atoms with E-state index in [1.54, 1.807) is 0 Å². The normalized spacial score (nSPS) is 16.9. The van der Waals surface area contributed by atoms with Gasteiger partial charge in [0.05, 0.1) is 0 Å². The Morgan fingerprint density at radius 1 is 1.15 bits per heavy atom. The maximum Gasteiger partial charge on any atom is 0.199 e. The molecule has 102 valence electrons. The summed E-state index contributed by atoms with van der Waals surface area (Å²) in [5, 5.41) is 3.38. The summed E-state index contributed by atoms with van der Waals surface area (Å²) in [4.78, 5) is 10.2. The van der Waals surface area contributed by atoms with E-state index >= 15 is 0 Å². The third-order valence-corrected chi connectivity index (χ3v) is 4.29. The van der Waals surface area contributed by atoms with Gasteiger partial charge in [-0.25, -0.2) is 4.98 Å². The van der Waals surface area contributed by atoms with Crippen molar-refractivity contribution in [1.82, 2.24) is 15.3 Å². The van der Waals surface area contributed by atoms with Gasteiger partial charge in [0, 0.05) is 30.9 Å². The number of anilines is 1. The van der Waals surface area contributed by atoms with Crippen molar-refractivity contribution >= 4 is 18.0 Å². The van der Waals surface area contributed by atoms with Crippen LogP contribution in [0.4, 0.5) is 5.82 Å². The molecule has 1 aromatic carbocycles. The summed E-state index contributed by atoms with van der Waals surface area (Å²) in [6.07, 6.45) is 1.01. The molecule has 2 N–H and O–H groups in total. The molecular formula is C15H16N4S. The van der Waals surface area contributed by atoms with Crippen molar-refractivity contribution in [2.24, 2.45) is 0 Å². The van der Waals surface area contributed by atoms with E-state index in [-0.39, 0.29) is 0 Å². The summed E-state index contributed by atoms with van der Waals surface area (Å²) < 4.78 is 0.582. The number of H-pyrrole nitrogens is 1. The van der Waals surface area contributed by atoms with Gasteiger partial charge in [0.1, 0.15) is 5.82 Å². The van der Waals surface area contributed by atoms with Crippen LogP contribution in [0.1, 0.15) is 22.4 Å². The van der Waals surface area contributed by atoms with Gasteiger partial charge < -0.3 is 15.2 Å². The lowest BCUT2D eigenvalue weighted by molar-refractivity contribution is 0.618. The van der Waals surface area contributed by atoms with Crippen LogP contribution in [-0.4, -0.2) is 16.5 Å². The maximum atomic E-state index is 5.29. The standard InChI is InChI=1S/C15H16N4S/c20-15-17-13-7-16-6-5-12(13)14(18-15)19-8-10-3-1-2-4-11(10)9-19/h1-4,16H,5-9H2,(H,17,18,20). The van der Waals surface area contributed by atoms with Crippen molar-refractivity contribution in [3.05, 3.63) is 51.4 Å². The minimum absolute atomic E-state index is 0.582. The fourth-order valence-corrected chi connectivity index (χ4v) is 3.33. The monoisotopic (exact) mass is 284 g/mol. The second kappa shape index (κ2) is 4.68. The van der Waals surface area contributed by atoms with Crippen LogP contribution < -0.4 is 10.2 Å². The molecule has 3 heterocycles. The average Bonchev–Trinajstić information content (AvgIpc) is 2.90. The topological polar surface area (TPSA) is 44.0 Å².